The lowest BCUT2D eigenvalue weighted by Gasteiger charge is -2.13. The van der Waals surface area contributed by atoms with Gasteiger partial charge in [0.05, 0.1) is 16.7 Å². The van der Waals surface area contributed by atoms with Crippen molar-refractivity contribution in [1.29, 1.82) is 0 Å². The van der Waals surface area contributed by atoms with E-state index in [-0.39, 0.29) is 16.5 Å². The number of rotatable bonds is 4. The maximum Gasteiger partial charge on any atom is 0.315 e. The van der Waals surface area contributed by atoms with Crippen molar-refractivity contribution >= 4 is 15.9 Å². The van der Waals surface area contributed by atoms with Crippen LogP contribution in [0.2, 0.25) is 0 Å². The van der Waals surface area contributed by atoms with Crippen molar-refractivity contribution in [3.8, 4) is 0 Å². The van der Waals surface area contributed by atoms with Crippen molar-refractivity contribution < 1.29 is 17.6 Å². The molecule has 126 valence electrons. The molecule has 0 spiro atoms. The maximum atomic E-state index is 13.1. The van der Waals surface area contributed by atoms with Crippen LogP contribution < -0.4 is 10.6 Å². The largest absolute Gasteiger partial charge is 0.338 e. The lowest BCUT2D eigenvalue weighted by molar-refractivity contribution is 0.238. The molecule has 7 heteroatoms. The summed E-state index contributed by atoms with van der Waals surface area (Å²) in [4.78, 5) is 12.3. The molecule has 2 amide bonds. The summed E-state index contributed by atoms with van der Waals surface area (Å²) in [5.74, 6) is -0.450. The average Bonchev–Trinajstić information content (AvgIpc) is 2.79. The number of nitrogens with one attached hydrogen (secondary N) is 2. The zero-order valence-electron chi connectivity index (χ0n) is 12.8. The predicted molar refractivity (Wildman–Crippen MR) is 87.9 cm³/mol. The first-order valence-corrected chi connectivity index (χ1v) is 9.21. The Hall–Kier alpha value is -2.41. The number of carbonyl (C=O) groups is 1. The molecule has 2 aromatic rings. The van der Waals surface area contributed by atoms with Crippen molar-refractivity contribution in [3.05, 3.63) is 65.5 Å². The van der Waals surface area contributed by atoms with E-state index in [4.69, 9.17) is 0 Å². The molecule has 1 atom stereocenters. The summed E-state index contributed by atoms with van der Waals surface area (Å²) in [6.45, 7) is 0.330. The van der Waals surface area contributed by atoms with Crippen LogP contribution in [-0.4, -0.2) is 26.7 Å². The van der Waals surface area contributed by atoms with Crippen LogP contribution in [0.3, 0.4) is 0 Å². The number of sulfone groups is 1. The Morgan fingerprint density at radius 1 is 1.17 bits per heavy atom. The molecule has 1 unspecified atom stereocenters. The quantitative estimate of drug-likeness (QED) is 0.889. The molecule has 2 aromatic carbocycles. The average molecular weight is 348 g/mol. The van der Waals surface area contributed by atoms with Gasteiger partial charge in [-0.2, -0.15) is 0 Å². The molecule has 1 aliphatic heterocycles. The minimum Gasteiger partial charge on any atom is -0.338 e. The second kappa shape index (κ2) is 6.60. The molecule has 24 heavy (non-hydrogen) atoms. The number of urea groups is 1. The van der Waals surface area contributed by atoms with Gasteiger partial charge in [0.1, 0.15) is 5.82 Å². The van der Waals surface area contributed by atoms with E-state index in [2.05, 4.69) is 10.6 Å². The first kappa shape index (κ1) is 16.4. The number of hydrogen-bond acceptors (Lipinski definition) is 3. The van der Waals surface area contributed by atoms with Crippen molar-refractivity contribution in [3.63, 3.8) is 0 Å². The number of fused-ring (bicyclic) bond motifs is 1. The number of benzene rings is 2. The van der Waals surface area contributed by atoms with Crippen LogP contribution in [0.5, 0.6) is 0 Å². The monoisotopic (exact) mass is 348 g/mol. The fourth-order valence-corrected chi connectivity index (χ4v) is 4.53. The third-order valence-electron chi connectivity index (χ3n) is 3.91. The van der Waals surface area contributed by atoms with E-state index >= 15 is 0 Å². The molecule has 5 nitrogen and oxygen atoms in total. The summed E-state index contributed by atoms with van der Waals surface area (Å²) in [6, 6.07) is 11.8. The molecule has 1 heterocycles. The van der Waals surface area contributed by atoms with E-state index in [1.807, 2.05) is 0 Å². The summed E-state index contributed by atoms with van der Waals surface area (Å²) in [5, 5.41) is 5.35. The molecule has 0 fully saturated rings. The predicted octanol–water partition coefficient (Wildman–Crippen LogP) is 2.20. The molecule has 0 aromatic heterocycles. The number of carbonyl (C=O) groups excluding carboxylic acids is 1. The smallest absolute Gasteiger partial charge is 0.315 e. The molecule has 1 aliphatic rings. The fourth-order valence-electron chi connectivity index (χ4n) is 2.79. The first-order chi connectivity index (χ1) is 11.5. The van der Waals surface area contributed by atoms with Crippen molar-refractivity contribution in [1.82, 2.24) is 10.6 Å². The van der Waals surface area contributed by atoms with Crippen LogP contribution in [0.4, 0.5) is 9.18 Å². The minimum atomic E-state index is -3.35. The summed E-state index contributed by atoms with van der Waals surface area (Å²) in [5.41, 5.74) is 1.39. The van der Waals surface area contributed by atoms with Gasteiger partial charge < -0.3 is 10.6 Å². The highest BCUT2D eigenvalue weighted by molar-refractivity contribution is 7.91. The van der Waals surface area contributed by atoms with Crippen LogP contribution in [0, 0.1) is 5.82 Å². The van der Waals surface area contributed by atoms with Crippen LogP contribution in [0.1, 0.15) is 17.2 Å². The maximum absolute atomic E-state index is 13.1. The number of hydrogen-bond donors (Lipinski definition) is 2. The van der Waals surface area contributed by atoms with Gasteiger partial charge in [-0.25, -0.2) is 17.6 Å². The van der Waals surface area contributed by atoms with E-state index in [1.54, 1.807) is 36.4 Å². The van der Waals surface area contributed by atoms with Gasteiger partial charge in [-0.1, -0.05) is 30.3 Å². The molecule has 3 rings (SSSR count). The molecule has 0 aliphatic carbocycles. The van der Waals surface area contributed by atoms with Crippen molar-refractivity contribution in [2.45, 2.75) is 17.4 Å². The Bertz CT molecular complexity index is 868. The summed E-state index contributed by atoms with van der Waals surface area (Å²) in [7, 11) is -3.35. The van der Waals surface area contributed by atoms with Gasteiger partial charge in [0, 0.05) is 6.54 Å². The topological polar surface area (TPSA) is 75.3 Å². The summed E-state index contributed by atoms with van der Waals surface area (Å²) < 4.78 is 37.2. The molecular weight excluding hydrogens is 331 g/mol. The number of halogens is 1. The Kier molecular flexibility index (Phi) is 4.53. The van der Waals surface area contributed by atoms with Gasteiger partial charge >= 0.3 is 6.03 Å². The number of amides is 2. The zero-order valence-corrected chi connectivity index (χ0v) is 13.6. The van der Waals surface area contributed by atoms with E-state index in [0.29, 0.717) is 18.5 Å². The highest BCUT2D eigenvalue weighted by Crippen LogP contribution is 2.32. The van der Waals surface area contributed by atoms with Gasteiger partial charge in [-0.05, 0) is 35.7 Å². The lowest BCUT2D eigenvalue weighted by atomic mass is 10.1. The first-order valence-electron chi connectivity index (χ1n) is 7.56. The van der Waals surface area contributed by atoms with Gasteiger partial charge in [0.15, 0.2) is 9.84 Å². The van der Waals surface area contributed by atoms with Crippen LogP contribution in [0.15, 0.2) is 53.4 Å². The molecule has 0 saturated carbocycles. The molecule has 0 saturated heterocycles. The second-order valence-corrected chi connectivity index (χ2v) is 7.65. The molecular formula is C17H17FN2O3S. The Morgan fingerprint density at radius 3 is 2.75 bits per heavy atom. The SMILES string of the molecule is O=C(NCCc1cccc(F)c1)NC1CS(=O)(=O)c2ccccc21. The van der Waals surface area contributed by atoms with Crippen molar-refractivity contribution in [2.24, 2.45) is 0 Å². The van der Waals surface area contributed by atoms with E-state index in [9.17, 15) is 17.6 Å². The van der Waals surface area contributed by atoms with Gasteiger partial charge in [0.25, 0.3) is 0 Å². The van der Waals surface area contributed by atoms with Crippen molar-refractivity contribution in [2.75, 3.05) is 12.3 Å². The Balaban J connectivity index is 1.56. The fraction of sp³-hybridized carbons (Fsp3) is 0.235. The van der Waals surface area contributed by atoms with Crippen LogP contribution in [-0.2, 0) is 16.3 Å². The van der Waals surface area contributed by atoms with Crippen LogP contribution >= 0.6 is 0 Å². The van der Waals surface area contributed by atoms with Crippen LogP contribution in [0.25, 0.3) is 0 Å². The van der Waals surface area contributed by atoms with Gasteiger partial charge in [-0.3, -0.25) is 0 Å². The van der Waals surface area contributed by atoms with Gasteiger partial charge in [-0.15, -0.1) is 0 Å². The summed E-state index contributed by atoms with van der Waals surface area (Å²) in [6.07, 6.45) is 0.491. The minimum absolute atomic E-state index is 0.135. The highest BCUT2D eigenvalue weighted by atomic mass is 32.2. The second-order valence-electron chi connectivity index (χ2n) is 5.65. The zero-order chi connectivity index (χ0) is 17.2. The molecule has 0 radical (unpaired) electrons. The van der Waals surface area contributed by atoms with E-state index in [0.717, 1.165) is 5.56 Å². The standard InChI is InChI=1S/C17H17FN2O3S/c18-13-5-3-4-12(10-13)8-9-19-17(21)20-15-11-24(22,23)16-7-2-1-6-14(15)16/h1-7,10,15H,8-9,11H2,(H2,19,20,21). The third kappa shape index (κ3) is 3.56. The Labute approximate surface area is 139 Å². The third-order valence-corrected chi connectivity index (χ3v) is 5.72. The lowest BCUT2D eigenvalue weighted by Crippen LogP contribution is -2.39. The van der Waals surface area contributed by atoms with E-state index in [1.165, 1.54) is 12.1 Å². The summed E-state index contributed by atoms with van der Waals surface area (Å²) >= 11 is 0. The normalized spacial score (nSPS) is 18.0. The molecule has 0 bridgehead atoms. The Morgan fingerprint density at radius 2 is 1.96 bits per heavy atom. The molecule has 2 N–H and O–H groups in total. The highest BCUT2D eigenvalue weighted by Gasteiger charge is 2.35. The van der Waals surface area contributed by atoms with Gasteiger partial charge in [0.2, 0.25) is 0 Å². The van der Waals surface area contributed by atoms with E-state index < -0.39 is 21.9 Å².